The van der Waals surface area contributed by atoms with Crippen LogP contribution in [0.5, 0.6) is 0 Å². The van der Waals surface area contributed by atoms with Crippen molar-refractivity contribution in [3.05, 3.63) is 77.3 Å². The quantitative estimate of drug-likeness (QED) is 0.712. The first kappa shape index (κ1) is 17.6. The van der Waals surface area contributed by atoms with Crippen molar-refractivity contribution >= 4 is 5.91 Å². The van der Waals surface area contributed by atoms with Crippen LogP contribution in [0.25, 0.3) is 5.88 Å². The number of carbonyl (C=O) groups is 1. The van der Waals surface area contributed by atoms with Gasteiger partial charge in [0.1, 0.15) is 23.0 Å². The number of hydrogen-bond donors (Lipinski definition) is 1. The lowest BCUT2D eigenvalue weighted by Gasteiger charge is -2.18. The molecule has 0 aliphatic heterocycles. The Morgan fingerprint density at radius 2 is 1.92 bits per heavy atom. The lowest BCUT2D eigenvalue weighted by Crippen LogP contribution is -2.29. The van der Waals surface area contributed by atoms with Gasteiger partial charge in [-0.05, 0) is 31.0 Å². The summed E-state index contributed by atoms with van der Waals surface area (Å²) in [6.07, 6.45) is 5.32. The van der Waals surface area contributed by atoms with Crippen LogP contribution in [0.4, 0.5) is 0 Å². The Labute approximate surface area is 152 Å². The lowest BCUT2D eigenvalue weighted by atomic mass is 10.0. The van der Waals surface area contributed by atoms with E-state index in [0.717, 1.165) is 18.4 Å². The van der Waals surface area contributed by atoms with E-state index in [1.807, 2.05) is 42.5 Å². The normalized spacial score (nSPS) is 11.7. The summed E-state index contributed by atoms with van der Waals surface area (Å²) >= 11 is 0. The van der Waals surface area contributed by atoms with Crippen molar-refractivity contribution in [2.75, 3.05) is 0 Å². The molecule has 0 bridgehead atoms. The van der Waals surface area contributed by atoms with Gasteiger partial charge in [-0.1, -0.05) is 43.7 Å². The highest BCUT2D eigenvalue weighted by Gasteiger charge is 2.26. The summed E-state index contributed by atoms with van der Waals surface area (Å²) < 4.78 is 7.43. The van der Waals surface area contributed by atoms with Gasteiger partial charge in [-0.15, -0.1) is 0 Å². The van der Waals surface area contributed by atoms with E-state index in [9.17, 15) is 10.1 Å². The molecule has 0 aliphatic rings. The Morgan fingerprint density at radius 1 is 1.23 bits per heavy atom. The Bertz CT molecular complexity index is 918. The minimum atomic E-state index is -0.288. The van der Waals surface area contributed by atoms with Crippen LogP contribution < -0.4 is 5.32 Å². The molecule has 132 valence electrons. The number of aryl methyl sites for hydroxylation is 1. The van der Waals surface area contributed by atoms with Gasteiger partial charge in [-0.3, -0.25) is 9.36 Å². The van der Waals surface area contributed by atoms with Gasteiger partial charge >= 0.3 is 0 Å². The van der Waals surface area contributed by atoms with Crippen molar-refractivity contribution < 1.29 is 9.21 Å². The minimum Gasteiger partial charge on any atom is -0.443 e. The first-order chi connectivity index (χ1) is 12.7. The topological polar surface area (TPSA) is 71.0 Å². The Hall–Kier alpha value is -3.26. The third kappa shape index (κ3) is 3.40. The predicted molar refractivity (Wildman–Crippen MR) is 99.0 cm³/mol. The summed E-state index contributed by atoms with van der Waals surface area (Å²) in [7, 11) is 0. The maximum absolute atomic E-state index is 13.0. The number of amides is 1. The van der Waals surface area contributed by atoms with Crippen LogP contribution in [0.2, 0.25) is 0 Å². The summed E-state index contributed by atoms with van der Waals surface area (Å²) in [6.45, 7) is 3.79. The van der Waals surface area contributed by atoms with Crippen LogP contribution in [0.15, 0.2) is 59.3 Å². The molecule has 0 radical (unpaired) electrons. The number of hydrogen-bond acceptors (Lipinski definition) is 3. The van der Waals surface area contributed by atoms with Gasteiger partial charge in [0.05, 0.1) is 6.04 Å². The number of aromatic nitrogens is 1. The molecule has 26 heavy (non-hydrogen) atoms. The van der Waals surface area contributed by atoms with Gasteiger partial charge in [-0.2, -0.15) is 5.26 Å². The predicted octanol–water partition coefficient (Wildman–Crippen LogP) is 4.52. The van der Waals surface area contributed by atoms with Crippen LogP contribution in [0.1, 0.15) is 53.1 Å². The molecule has 1 amide bonds. The summed E-state index contributed by atoms with van der Waals surface area (Å²) in [4.78, 5) is 13.0. The van der Waals surface area contributed by atoms with Gasteiger partial charge in [0.15, 0.2) is 0 Å². The number of nitrogens with zero attached hydrogens (tertiary/aromatic N) is 2. The van der Waals surface area contributed by atoms with Crippen LogP contribution in [0, 0.1) is 18.3 Å². The first-order valence-corrected chi connectivity index (χ1v) is 8.68. The first-order valence-electron chi connectivity index (χ1n) is 8.68. The van der Waals surface area contributed by atoms with Crippen molar-refractivity contribution in [2.24, 2.45) is 0 Å². The van der Waals surface area contributed by atoms with Crippen molar-refractivity contribution in [3.8, 4) is 12.0 Å². The minimum absolute atomic E-state index is 0.107. The van der Waals surface area contributed by atoms with Crippen molar-refractivity contribution in [3.63, 3.8) is 0 Å². The van der Waals surface area contributed by atoms with E-state index in [0.29, 0.717) is 17.2 Å². The largest absolute Gasteiger partial charge is 0.443 e. The molecular formula is C21H21N3O2. The molecule has 1 atom stereocenters. The smallest absolute Gasteiger partial charge is 0.256 e. The van der Waals surface area contributed by atoms with E-state index in [-0.39, 0.29) is 17.5 Å². The second-order valence-corrected chi connectivity index (χ2v) is 6.14. The summed E-state index contributed by atoms with van der Waals surface area (Å²) in [5.74, 6) is 0.515. The lowest BCUT2D eigenvalue weighted by molar-refractivity contribution is 0.0932. The zero-order valence-electron chi connectivity index (χ0n) is 14.9. The van der Waals surface area contributed by atoms with E-state index >= 15 is 0 Å². The molecule has 0 spiro atoms. The maximum Gasteiger partial charge on any atom is 0.256 e. The molecule has 2 aromatic heterocycles. The van der Waals surface area contributed by atoms with Crippen LogP contribution >= 0.6 is 0 Å². The molecule has 1 aromatic carbocycles. The number of nitrogens with one attached hydrogen (secondary N) is 1. The molecule has 5 heteroatoms. The van der Waals surface area contributed by atoms with E-state index in [4.69, 9.17) is 4.42 Å². The molecule has 0 saturated carbocycles. The third-order valence-corrected chi connectivity index (χ3v) is 4.33. The molecule has 0 unspecified atom stereocenters. The Balaban J connectivity index is 1.93. The average molecular weight is 347 g/mol. The third-order valence-electron chi connectivity index (χ3n) is 4.33. The van der Waals surface area contributed by atoms with E-state index in [1.54, 1.807) is 23.9 Å². The average Bonchev–Trinajstić information content (AvgIpc) is 3.29. The molecular weight excluding hydrogens is 326 g/mol. The fraction of sp³-hybridized carbons (Fsp3) is 0.238. The number of furan rings is 1. The van der Waals surface area contributed by atoms with Gasteiger partial charge in [0.2, 0.25) is 5.88 Å². The standard InChI is InChI=1S/C21H21N3O2/c1-3-9-18(16-10-5-4-6-11-16)23-20(25)19-15(2)26-21(17(19)14-22)24-12-7-8-13-24/h4-8,10-13,18H,3,9H2,1-2H3,(H,23,25)/t18-/m0/s1. The second kappa shape index (κ2) is 7.75. The fourth-order valence-electron chi connectivity index (χ4n) is 3.09. The van der Waals surface area contributed by atoms with E-state index < -0.39 is 0 Å². The van der Waals surface area contributed by atoms with E-state index in [1.165, 1.54) is 0 Å². The maximum atomic E-state index is 13.0. The monoisotopic (exact) mass is 347 g/mol. The zero-order valence-corrected chi connectivity index (χ0v) is 14.9. The van der Waals surface area contributed by atoms with Crippen LogP contribution in [-0.4, -0.2) is 10.5 Å². The molecule has 2 heterocycles. The molecule has 3 rings (SSSR count). The van der Waals surface area contributed by atoms with Crippen LogP contribution in [-0.2, 0) is 0 Å². The molecule has 0 saturated heterocycles. The molecule has 0 fully saturated rings. The number of carbonyl (C=O) groups excluding carboxylic acids is 1. The Morgan fingerprint density at radius 3 is 2.54 bits per heavy atom. The van der Waals surface area contributed by atoms with Crippen molar-refractivity contribution in [1.82, 2.24) is 9.88 Å². The summed E-state index contributed by atoms with van der Waals surface area (Å²) in [6, 6.07) is 15.6. The van der Waals surface area contributed by atoms with Crippen molar-refractivity contribution in [1.29, 1.82) is 5.26 Å². The second-order valence-electron chi connectivity index (χ2n) is 6.14. The van der Waals surface area contributed by atoms with Gasteiger partial charge in [-0.25, -0.2) is 0 Å². The molecule has 0 aliphatic carbocycles. The van der Waals surface area contributed by atoms with Crippen molar-refractivity contribution in [2.45, 2.75) is 32.7 Å². The molecule has 3 aromatic rings. The fourth-order valence-corrected chi connectivity index (χ4v) is 3.09. The number of benzene rings is 1. The summed E-state index contributed by atoms with van der Waals surface area (Å²) in [5, 5.41) is 12.7. The summed E-state index contributed by atoms with van der Waals surface area (Å²) in [5.41, 5.74) is 1.60. The number of nitriles is 1. The highest BCUT2D eigenvalue weighted by atomic mass is 16.4. The highest BCUT2D eigenvalue weighted by molar-refractivity contribution is 5.98. The zero-order chi connectivity index (χ0) is 18.5. The molecule has 5 nitrogen and oxygen atoms in total. The van der Waals surface area contributed by atoms with E-state index in [2.05, 4.69) is 18.3 Å². The Kier molecular flexibility index (Phi) is 5.23. The van der Waals surface area contributed by atoms with Crippen LogP contribution in [0.3, 0.4) is 0 Å². The van der Waals surface area contributed by atoms with Gasteiger partial charge < -0.3 is 9.73 Å². The molecule has 1 N–H and O–H groups in total. The SMILES string of the molecule is CCC[C@H](NC(=O)c1c(C)oc(-n2cccc2)c1C#N)c1ccccc1. The van der Waals surface area contributed by atoms with Gasteiger partial charge in [0.25, 0.3) is 5.91 Å². The highest BCUT2D eigenvalue weighted by Crippen LogP contribution is 2.27. The van der Waals surface area contributed by atoms with Gasteiger partial charge in [0, 0.05) is 12.4 Å². The number of rotatable bonds is 6.